The van der Waals surface area contributed by atoms with Crippen molar-refractivity contribution in [2.45, 2.75) is 13.0 Å². The van der Waals surface area contributed by atoms with Crippen molar-refractivity contribution >= 4 is 16.8 Å². The normalized spacial score (nSPS) is 14.0. The zero-order valence-corrected chi connectivity index (χ0v) is 14.9. The van der Waals surface area contributed by atoms with Crippen LogP contribution < -0.4 is 14.8 Å². The van der Waals surface area contributed by atoms with Crippen LogP contribution in [0.4, 0.5) is 0 Å². The number of pyridine rings is 1. The van der Waals surface area contributed by atoms with E-state index in [9.17, 15) is 9.90 Å². The maximum atomic E-state index is 12.7. The number of aromatic nitrogens is 1. The summed E-state index contributed by atoms with van der Waals surface area (Å²) < 4.78 is 11.2. The average Bonchev–Trinajstić information content (AvgIpc) is 2.72. The summed E-state index contributed by atoms with van der Waals surface area (Å²) >= 11 is 0. The fourth-order valence-electron chi connectivity index (χ4n) is 3.06. The molecule has 2 heterocycles. The zero-order chi connectivity index (χ0) is 18.8. The summed E-state index contributed by atoms with van der Waals surface area (Å²) in [4.78, 5) is 17.5. The summed E-state index contributed by atoms with van der Waals surface area (Å²) in [6.07, 6.45) is 0. The maximum Gasteiger partial charge on any atom is 0.252 e. The SMILES string of the molecule is CC(CO)NC(=O)c1cc(-c2ccc3c(c2)OCCO3)nc2ccccc12. The van der Waals surface area contributed by atoms with E-state index in [1.54, 1.807) is 13.0 Å². The number of nitrogens with zero attached hydrogens (tertiary/aromatic N) is 1. The highest BCUT2D eigenvalue weighted by Crippen LogP contribution is 2.35. The minimum atomic E-state index is -0.331. The lowest BCUT2D eigenvalue weighted by atomic mass is 10.0. The van der Waals surface area contributed by atoms with Crippen LogP contribution in [-0.2, 0) is 0 Å². The Bertz CT molecular complexity index is 1000. The number of rotatable bonds is 4. The number of nitrogens with one attached hydrogen (secondary N) is 1. The largest absolute Gasteiger partial charge is 0.486 e. The second-order valence-corrected chi connectivity index (χ2v) is 6.49. The van der Waals surface area contributed by atoms with Crippen LogP contribution in [0.3, 0.4) is 0 Å². The Morgan fingerprint density at radius 3 is 2.74 bits per heavy atom. The van der Waals surface area contributed by atoms with E-state index in [1.165, 1.54) is 0 Å². The number of amides is 1. The van der Waals surface area contributed by atoms with Gasteiger partial charge < -0.3 is 19.9 Å². The fourth-order valence-corrected chi connectivity index (χ4v) is 3.06. The molecule has 1 aliphatic heterocycles. The van der Waals surface area contributed by atoms with Crippen molar-refractivity contribution in [2.24, 2.45) is 0 Å². The molecule has 0 radical (unpaired) electrons. The number of ether oxygens (including phenoxy) is 2. The van der Waals surface area contributed by atoms with E-state index in [2.05, 4.69) is 5.32 Å². The minimum Gasteiger partial charge on any atom is -0.486 e. The first kappa shape index (κ1) is 17.3. The third-order valence-corrected chi connectivity index (χ3v) is 4.45. The number of carbonyl (C=O) groups is 1. The highest BCUT2D eigenvalue weighted by Gasteiger charge is 2.17. The van der Waals surface area contributed by atoms with Crippen LogP contribution in [0.2, 0.25) is 0 Å². The number of hydrogen-bond acceptors (Lipinski definition) is 5. The van der Waals surface area contributed by atoms with Gasteiger partial charge in [-0.3, -0.25) is 4.79 Å². The van der Waals surface area contributed by atoms with E-state index >= 15 is 0 Å². The molecule has 3 aromatic rings. The molecule has 2 aromatic carbocycles. The van der Waals surface area contributed by atoms with Gasteiger partial charge in [-0.15, -0.1) is 0 Å². The molecular weight excluding hydrogens is 344 g/mol. The number of hydrogen-bond donors (Lipinski definition) is 2. The zero-order valence-electron chi connectivity index (χ0n) is 14.9. The third kappa shape index (κ3) is 3.44. The molecule has 1 aromatic heterocycles. The molecular formula is C21H20N2O4. The Kier molecular flexibility index (Phi) is 4.64. The molecule has 4 rings (SSSR count). The second-order valence-electron chi connectivity index (χ2n) is 6.49. The third-order valence-electron chi connectivity index (χ3n) is 4.45. The van der Waals surface area contributed by atoms with Gasteiger partial charge >= 0.3 is 0 Å². The molecule has 0 bridgehead atoms. The molecule has 0 saturated heterocycles. The first-order valence-electron chi connectivity index (χ1n) is 8.87. The molecule has 0 fully saturated rings. The van der Waals surface area contributed by atoms with Crippen molar-refractivity contribution in [3.63, 3.8) is 0 Å². The van der Waals surface area contributed by atoms with E-state index in [4.69, 9.17) is 14.5 Å². The highest BCUT2D eigenvalue weighted by molar-refractivity contribution is 6.07. The van der Waals surface area contributed by atoms with Gasteiger partial charge in [0.2, 0.25) is 0 Å². The smallest absolute Gasteiger partial charge is 0.252 e. The Balaban J connectivity index is 1.81. The second kappa shape index (κ2) is 7.25. The lowest BCUT2D eigenvalue weighted by Gasteiger charge is -2.19. The van der Waals surface area contributed by atoms with Gasteiger partial charge in [-0.25, -0.2) is 4.98 Å². The summed E-state index contributed by atoms with van der Waals surface area (Å²) in [5.41, 5.74) is 2.76. The Morgan fingerprint density at radius 2 is 1.93 bits per heavy atom. The van der Waals surface area contributed by atoms with Crippen molar-refractivity contribution in [1.82, 2.24) is 10.3 Å². The van der Waals surface area contributed by atoms with Gasteiger partial charge in [-0.2, -0.15) is 0 Å². The average molecular weight is 364 g/mol. The van der Waals surface area contributed by atoms with Gasteiger partial charge in [0.1, 0.15) is 13.2 Å². The first-order valence-corrected chi connectivity index (χ1v) is 8.87. The Labute approximate surface area is 156 Å². The van der Waals surface area contributed by atoms with Crippen LogP contribution in [-0.4, -0.2) is 41.9 Å². The van der Waals surface area contributed by atoms with E-state index in [-0.39, 0.29) is 18.6 Å². The van der Waals surface area contributed by atoms with Crippen molar-refractivity contribution in [1.29, 1.82) is 0 Å². The molecule has 2 N–H and O–H groups in total. The molecule has 27 heavy (non-hydrogen) atoms. The molecule has 1 atom stereocenters. The lowest BCUT2D eigenvalue weighted by molar-refractivity contribution is 0.0924. The van der Waals surface area contributed by atoms with Crippen LogP contribution in [0.15, 0.2) is 48.5 Å². The number of aliphatic hydroxyl groups is 1. The van der Waals surface area contributed by atoms with Crippen molar-refractivity contribution in [2.75, 3.05) is 19.8 Å². The molecule has 138 valence electrons. The van der Waals surface area contributed by atoms with Gasteiger partial charge in [-0.1, -0.05) is 18.2 Å². The van der Waals surface area contributed by atoms with Crippen molar-refractivity contribution in [3.8, 4) is 22.8 Å². The summed E-state index contributed by atoms with van der Waals surface area (Å²) in [6.45, 7) is 2.68. The number of aliphatic hydroxyl groups excluding tert-OH is 1. The molecule has 0 saturated carbocycles. The number of para-hydroxylation sites is 1. The van der Waals surface area contributed by atoms with Crippen LogP contribution in [0.25, 0.3) is 22.2 Å². The standard InChI is InChI=1S/C21H20N2O4/c1-13(12-24)22-21(25)16-11-18(23-17-5-3-2-4-15(16)17)14-6-7-19-20(10-14)27-9-8-26-19/h2-7,10-11,13,24H,8-9,12H2,1H3,(H,22,25). The van der Waals surface area contributed by atoms with Crippen LogP contribution in [0.5, 0.6) is 11.5 Å². The van der Waals surface area contributed by atoms with Gasteiger partial charge in [0.25, 0.3) is 5.91 Å². The lowest BCUT2D eigenvalue weighted by Crippen LogP contribution is -2.35. The van der Waals surface area contributed by atoms with Crippen LogP contribution in [0, 0.1) is 0 Å². The number of carbonyl (C=O) groups excluding carboxylic acids is 1. The quantitative estimate of drug-likeness (QED) is 0.744. The predicted molar refractivity (Wildman–Crippen MR) is 102 cm³/mol. The Hall–Kier alpha value is -3.12. The summed E-state index contributed by atoms with van der Waals surface area (Å²) in [5.74, 6) is 1.14. The molecule has 1 amide bonds. The highest BCUT2D eigenvalue weighted by atomic mass is 16.6. The van der Waals surface area contributed by atoms with Crippen molar-refractivity contribution in [3.05, 3.63) is 54.1 Å². The Morgan fingerprint density at radius 1 is 1.15 bits per heavy atom. The predicted octanol–water partition coefficient (Wildman–Crippen LogP) is 2.78. The van der Waals surface area contributed by atoms with Crippen LogP contribution in [0.1, 0.15) is 17.3 Å². The van der Waals surface area contributed by atoms with Gasteiger partial charge in [0.15, 0.2) is 11.5 Å². The molecule has 0 spiro atoms. The maximum absolute atomic E-state index is 12.7. The summed E-state index contributed by atoms with van der Waals surface area (Å²) in [6, 6.07) is 14.6. The summed E-state index contributed by atoms with van der Waals surface area (Å²) in [5, 5.41) is 12.8. The number of fused-ring (bicyclic) bond motifs is 2. The van der Waals surface area contributed by atoms with Crippen LogP contribution >= 0.6 is 0 Å². The van der Waals surface area contributed by atoms with E-state index in [1.807, 2.05) is 42.5 Å². The first-order chi connectivity index (χ1) is 13.2. The van der Waals surface area contributed by atoms with Gasteiger partial charge in [0.05, 0.1) is 23.4 Å². The van der Waals surface area contributed by atoms with E-state index < -0.39 is 0 Å². The summed E-state index contributed by atoms with van der Waals surface area (Å²) in [7, 11) is 0. The topological polar surface area (TPSA) is 80.7 Å². The fraction of sp³-hybridized carbons (Fsp3) is 0.238. The van der Waals surface area contributed by atoms with Crippen molar-refractivity contribution < 1.29 is 19.4 Å². The van der Waals surface area contributed by atoms with Gasteiger partial charge in [0, 0.05) is 17.0 Å². The molecule has 6 nitrogen and oxygen atoms in total. The monoisotopic (exact) mass is 364 g/mol. The molecule has 1 aliphatic rings. The molecule has 6 heteroatoms. The molecule has 1 unspecified atom stereocenters. The molecule has 0 aliphatic carbocycles. The van der Waals surface area contributed by atoms with E-state index in [0.29, 0.717) is 36.0 Å². The number of benzene rings is 2. The van der Waals surface area contributed by atoms with Gasteiger partial charge in [-0.05, 0) is 37.3 Å². The minimum absolute atomic E-state index is 0.121. The van der Waals surface area contributed by atoms with E-state index in [0.717, 1.165) is 16.5 Å².